The monoisotopic (exact) mass is 181 g/mol. The first-order valence-electron chi connectivity index (χ1n) is 4.26. The van der Waals surface area contributed by atoms with Crippen LogP contribution in [0.4, 0.5) is 0 Å². The smallest absolute Gasteiger partial charge is 0.0991 e. The third kappa shape index (κ3) is 1.67. The minimum atomic E-state index is 0.976. The van der Waals surface area contributed by atoms with E-state index < -0.39 is 0 Å². The second-order valence-electron chi connectivity index (χ2n) is 2.82. The normalized spacial score (nSPS) is 9.21. The van der Waals surface area contributed by atoms with E-state index in [1.165, 1.54) is 0 Å². The molecule has 0 bridgehead atoms. The third-order valence-electron chi connectivity index (χ3n) is 1.90. The first-order chi connectivity index (χ1) is 6.90. The van der Waals surface area contributed by atoms with Crippen LogP contribution in [-0.2, 0) is 0 Å². The van der Waals surface area contributed by atoms with Crippen molar-refractivity contribution < 1.29 is 0 Å². The summed E-state index contributed by atoms with van der Waals surface area (Å²) in [6.45, 7) is 3.48. The number of nitrogens with zero attached hydrogens (tertiary/aromatic N) is 2. The van der Waals surface area contributed by atoms with Crippen LogP contribution in [0.3, 0.4) is 0 Å². The van der Waals surface area contributed by atoms with Crippen molar-refractivity contribution in [3.8, 4) is 17.5 Å². The number of benzene rings is 1. The molecule has 2 nitrogen and oxygen atoms in total. The van der Waals surface area contributed by atoms with Crippen molar-refractivity contribution in [3.05, 3.63) is 55.5 Å². The SMILES string of the molecule is [CH2]C#Cc1ccc(-n2ccnc2)cc1. The molecule has 0 saturated carbocycles. The van der Waals surface area contributed by atoms with Gasteiger partial charge < -0.3 is 4.57 Å². The molecule has 0 spiro atoms. The van der Waals surface area contributed by atoms with Crippen LogP contribution in [0.15, 0.2) is 43.0 Å². The average Bonchev–Trinajstić information content (AvgIpc) is 2.72. The van der Waals surface area contributed by atoms with Crippen LogP contribution in [0.5, 0.6) is 0 Å². The van der Waals surface area contributed by atoms with Gasteiger partial charge in [-0.05, 0) is 24.3 Å². The summed E-state index contributed by atoms with van der Waals surface area (Å²) >= 11 is 0. The zero-order valence-corrected chi connectivity index (χ0v) is 7.64. The molecule has 0 aliphatic heterocycles. The van der Waals surface area contributed by atoms with E-state index in [-0.39, 0.29) is 0 Å². The topological polar surface area (TPSA) is 17.8 Å². The van der Waals surface area contributed by atoms with E-state index >= 15 is 0 Å². The molecule has 0 amide bonds. The van der Waals surface area contributed by atoms with E-state index in [1.807, 2.05) is 35.0 Å². The van der Waals surface area contributed by atoms with Gasteiger partial charge in [-0.2, -0.15) is 0 Å². The van der Waals surface area contributed by atoms with Crippen molar-refractivity contribution in [2.45, 2.75) is 0 Å². The molecule has 0 aliphatic carbocycles. The molecular weight excluding hydrogens is 172 g/mol. The minimum Gasteiger partial charge on any atom is -0.306 e. The highest BCUT2D eigenvalue weighted by Gasteiger charge is 1.93. The second-order valence-corrected chi connectivity index (χ2v) is 2.82. The fourth-order valence-electron chi connectivity index (χ4n) is 1.23. The Balaban J connectivity index is 2.34. The number of hydrogen-bond acceptors (Lipinski definition) is 1. The summed E-state index contributed by atoms with van der Waals surface area (Å²) < 4.78 is 1.95. The van der Waals surface area contributed by atoms with Crippen LogP contribution in [0.1, 0.15) is 5.56 Å². The highest BCUT2D eigenvalue weighted by molar-refractivity contribution is 5.41. The minimum absolute atomic E-state index is 0.976. The first-order valence-corrected chi connectivity index (χ1v) is 4.26. The van der Waals surface area contributed by atoms with Gasteiger partial charge in [-0.15, -0.1) is 0 Å². The Hall–Kier alpha value is -2.01. The van der Waals surface area contributed by atoms with E-state index in [0.717, 1.165) is 11.3 Å². The molecule has 0 fully saturated rings. The molecule has 0 unspecified atom stereocenters. The molecule has 2 aromatic rings. The Bertz CT molecular complexity index is 455. The van der Waals surface area contributed by atoms with Crippen molar-refractivity contribution in [1.29, 1.82) is 0 Å². The standard InChI is InChI=1S/C12H9N2/c1-2-3-11-4-6-12(7-5-11)14-9-8-13-10-14/h4-10H,1H2. The van der Waals surface area contributed by atoms with Gasteiger partial charge in [-0.25, -0.2) is 4.98 Å². The molecule has 2 heteroatoms. The van der Waals surface area contributed by atoms with Crippen LogP contribution in [-0.4, -0.2) is 9.55 Å². The quantitative estimate of drug-likeness (QED) is 0.616. The van der Waals surface area contributed by atoms with Gasteiger partial charge in [-0.3, -0.25) is 0 Å². The predicted octanol–water partition coefficient (Wildman–Crippen LogP) is 2.06. The van der Waals surface area contributed by atoms with Crippen LogP contribution >= 0.6 is 0 Å². The summed E-state index contributed by atoms with van der Waals surface area (Å²) in [5.41, 5.74) is 2.06. The van der Waals surface area contributed by atoms with Gasteiger partial charge in [0, 0.05) is 30.6 Å². The first kappa shape index (κ1) is 8.58. The van der Waals surface area contributed by atoms with Crippen LogP contribution in [0.2, 0.25) is 0 Å². The molecule has 1 aromatic heterocycles. The van der Waals surface area contributed by atoms with E-state index in [2.05, 4.69) is 23.7 Å². The lowest BCUT2D eigenvalue weighted by atomic mass is 10.2. The zero-order chi connectivity index (χ0) is 9.80. The van der Waals surface area contributed by atoms with Gasteiger partial charge >= 0.3 is 0 Å². The van der Waals surface area contributed by atoms with Crippen molar-refractivity contribution >= 4 is 0 Å². The van der Waals surface area contributed by atoms with Gasteiger partial charge in [-0.1, -0.05) is 11.8 Å². The summed E-state index contributed by atoms with van der Waals surface area (Å²) in [5.74, 6) is 5.51. The van der Waals surface area contributed by atoms with E-state index in [4.69, 9.17) is 0 Å². The Morgan fingerprint density at radius 1 is 1.21 bits per heavy atom. The Labute approximate surface area is 83.2 Å². The molecule has 0 aliphatic rings. The molecule has 0 saturated heterocycles. The molecule has 0 N–H and O–H groups in total. The molecule has 1 radical (unpaired) electrons. The molecule has 67 valence electrons. The summed E-state index contributed by atoms with van der Waals surface area (Å²) in [4.78, 5) is 3.98. The van der Waals surface area contributed by atoms with Gasteiger partial charge in [0.05, 0.1) is 6.33 Å². The molecular formula is C12H9N2. The van der Waals surface area contributed by atoms with Crippen LogP contribution in [0, 0.1) is 18.8 Å². The number of aromatic nitrogens is 2. The second kappa shape index (κ2) is 3.80. The summed E-state index contributed by atoms with van der Waals surface area (Å²) in [6.07, 6.45) is 5.42. The maximum Gasteiger partial charge on any atom is 0.0991 e. The largest absolute Gasteiger partial charge is 0.306 e. The maximum atomic E-state index is 3.98. The van der Waals surface area contributed by atoms with Crippen molar-refractivity contribution in [3.63, 3.8) is 0 Å². The number of hydrogen-bond donors (Lipinski definition) is 0. The number of imidazole rings is 1. The molecule has 2 rings (SSSR count). The van der Waals surface area contributed by atoms with Gasteiger partial charge in [0.1, 0.15) is 0 Å². The van der Waals surface area contributed by atoms with Crippen LogP contribution in [0.25, 0.3) is 5.69 Å². The van der Waals surface area contributed by atoms with Gasteiger partial charge in [0.15, 0.2) is 0 Å². The van der Waals surface area contributed by atoms with Crippen LogP contribution < -0.4 is 0 Å². The average molecular weight is 181 g/mol. The molecule has 1 heterocycles. The van der Waals surface area contributed by atoms with E-state index in [9.17, 15) is 0 Å². The zero-order valence-electron chi connectivity index (χ0n) is 7.64. The highest BCUT2D eigenvalue weighted by atomic mass is 15.0. The van der Waals surface area contributed by atoms with Crippen molar-refractivity contribution in [2.75, 3.05) is 0 Å². The molecule has 0 atom stereocenters. The van der Waals surface area contributed by atoms with Crippen molar-refractivity contribution in [1.82, 2.24) is 9.55 Å². The lowest BCUT2D eigenvalue weighted by Gasteiger charge is -2.00. The third-order valence-corrected chi connectivity index (χ3v) is 1.90. The fraction of sp³-hybridized carbons (Fsp3) is 0. The lowest BCUT2D eigenvalue weighted by molar-refractivity contribution is 1.06. The van der Waals surface area contributed by atoms with Gasteiger partial charge in [0.25, 0.3) is 0 Å². The Kier molecular flexibility index (Phi) is 2.33. The van der Waals surface area contributed by atoms with E-state index in [0.29, 0.717) is 0 Å². The maximum absolute atomic E-state index is 3.98. The van der Waals surface area contributed by atoms with Gasteiger partial charge in [0.2, 0.25) is 0 Å². The Morgan fingerprint density at radius 2 is 2.00 bits per heavy atom. The van der Waals surface area contributed by atoms with E-state index in [1.54, 1.807) is 12.5 Å². The number of rotatable bonds is 1. The van der Waals surface area contributed by atoms with Crippen molar-refractivity contribution in [2.24, 2.45) is 0 Å². The summed E-state index contributed by atoms with van der Waals surface area (Å²) in [6, 6.07) is 7.93. The fourth-order valence-corrected chi connectivity index (χ4v) is 1.23. The molecule has 1 aromatic carbocycles. The Morgan fingerprint density at radius 3 is 2.57 bits per heavy atom. The predicted molar refractivity (Wildman–Crippen MR) is 55.8 cm³/mol. The summed E-state index contributed by atoms with van der Waals surface area (Å²) in [5, 5.41) is 0. The summed E-state index contributed by atoms with van der Waals surface area (Å²) in [7, 11) is 0. The highest BCUT2D eigenvalue weighted by Crippen LogP contribution is 2.08. The molecule has 14 heavy (non-hydrogen) atoms. The lowest BCUT2D eigenvalue weighted by Crippen LogP contribution is -1.88.